The third-order valence-electron chi connectivity index (χ3n) is 4.60. The maximum Gasteiger partial charge on any atom is 0.0732 e. The second kappa shape index (κ2) is 5.18. The number of nitrogens with one attached hydrogen (secondary N) is 2. The molecule has 2 heterocycles. The summed E-state index contributed by atoms with van der Waals surface area (Å²) in [4.78, 5) is 5.76. The van der Waals surface area contributed by atoms with Crippen molar-refractivity contribution < 1.29 is 0 Å². The molecular weight excluding hydrogens is 270 g/mol. The summed E-state index contributed by atoms with van der Waals surface area (Å²) in [6, 6.07) is 17.7. The summed E-state index contributed by atoms with van der Waals surface area (Å²) < 4.78 is 0. The van der Waals surface area contributed by atoms with E-state index >= 15 is 0 Å². The van der Waals surface area contributed by atoms with E-state index < -0.39 is 0 Å². The Morgan fingerprint density at radius 3 is 2.55 bits per heavy atom. The van der Waals surface area contributed by atoms with Crippen LogP contribution in [0.1, 0.15) is 22.9 Å². The number of hydrogen-bond donors (Lipinski definition) is 2. The third kappa shape index (κ3) is 2.09. The SMILES string of the molecule is CN(C)c1ccc([C@@H]2NCCc3c2[nH]c2ccccc32)cc1. The quantitative estimate of drug-likeness (QED) is 0.757. The lowest BCUT2D eigenvalue weighted by molar-refractivity contribution is 0.560. The first kappa shape index (κ1) is 13.4. The van der Waals surface area contributed by atoms with Crippen LogP contribution in [0.2, 0.25) is 0 Å². The molecule has 0 aliphatic carbocycles. The monoisotopic (exact) mass is 291 g/mol. The summed E-state index contributed by atoms with van der Waals surface area (Å²) in [6.07, 6.45) is 1.09. The van der Waals surface area contributed by atoms with Crippen LogP contribution in [0.25, 0.3) is 10.9 Å². The molecular formula is C19H21N3. The summed E-state index contributed by atoms with van der Waals surface area (Å²) >= 11 is 0. The molecule has 22 heavy (non-hydrogen) atoms. The Balaban J connectivity index is 1.78. The predicted molar refractivity (Wildman–Crippen MR) is 92.6 cm³/mol. The summed E-state index contributed by atoms with van der Waals surface area (Å²) in [7, 11) is 4.15. The van der Waals surface area contributed by atoms with Gasteiger partial charge in [0.15, 0.2) is 0 Å². The van der Waals surface area contributed by atoms with Crippen molar-refractivity contribution in [3.63, 3.8) is 0 Å². The average Bonchev–Trinajstić information content (AvgIpc) is 2.93. The summed E-state index contributed by atoms with van der Waals surface area (Å²) in [5.41, 5.74) is 6.58. The van der Waals surface area contributed by atoms with E-state index in [1.165, 1.54) is 33.4 Å². The Morgan fingerprint density at radius 1 is 1.00 bits per heavy atom. The van der Waals surface area contributed by atoms with E-state index in [9.17, 15) is 0 Å². The molecule has 1 aliphatic rings. The van der Waals surface area contributed by atoms with E-state index in [0.717, 1.165) is 13.0 Å². The minimum atomic E-state index is 0.257. The van der Waals surface area contributed by atoms with Gasteiger partial charge in [-0.05, 0) is 35.7 Å². The summed E-state index contributed by atoms with van der Waals surface area (Å²) in [6.45, 7) is 1.02. The number of nitrogens with zero attached hydrogens (tertiary/aromatic N) is 1. The number of H-pyrrole nitrogens is 1. The van der Waals surface area contributed by atoms with Crippen molar-refractivity contribution in [2.24, 2.45) is 0 Å². The van der Waals surface area contributed by atoms with Gasteiger partial charge in [0.05, 0.1) is 6.04 Å². The highest BCUT2D eigenvalue weighted by Crippen LogP contribution is 2.33. The molecule has 0 fully saturated rings. The van der Waals surface area contributed by atoms with Crippen LogP contribution in [-0.4, -0.2) is 25.6 Å². The van der Waals surface area contributed by atoms with Crippen molar-refractivity contribution in [2.75, 3.05) is 25.5 Å². The number of benzene rings is 2. The smallest absolute Gasteiger partial charge is 0.0732 e. The van der Waals surface area contributed by atoms with Crippen LogP contribution in [0.5, 0.6) is 0 Å². The van der Waals surface area contributed by atoms with Crippen LogP contribution in [0.3, 0.4) is 0 Å². The molecule has 0 unspecified atom stereocenters. The minimum absolute atomic E-state index is 0.257. The lowest BCUT2D eigenvalue weighted by atomic mass is 9.94. The largest absolute Gasteiger partial charge is 0.378 e. The van der Waals surface area contributed by atoms with E-state index in [1.807, 2.05) is 0 Å². The van der Waals surface area contributed by atoms with Crippen molar-refractivity contribution in [3.8, 4) is 0 Å². The zero-order valence-corrected chi connectivity index (χ0v) is 13.1. The van der Waals surface area contributed by atoms with Crippen LogP contribution in [0.15, 0.2) is 48.5 Å². The Labute approximate surface area is 131 Å². The fourth-order valence-electron chi connectivity index (χ4n) is 3.43. The van der Waals surface area contributed by atoms with Crippen molar-refractivity contribution >= 4 is 16.6 Å². The van der Waals surface area contributed by atoms with Crippen molar-refractivity contribution in [3.05, 3.63) is 65.4 Å². The van der Waals surface area contributed by atoms with Crippen LogP contribution < -0.4 is 10.2 Å². The Hall–Kier alpha value is -2.26. The first-order chi connectivity index (χ1) is 10.7. The molecule has 0 spiro atoms. The van der Waals surface area contributed by atoms with Gasteiger partial charge in [-0.2, -0.15) is 0 Å². The van der Waals surface area contributed by atoms with Crippen molar-refractivity contribution in [1.82, 2.24) is 10.3 Å². The minimum Gasteiger partial charge on any atom is -0.378 e. The Kier molecular flexibility index (Phi) is 3.16. The number of hydrogen-bond acceptors (Lipinski definition) is 2. The molecule has 1 atom stereocenters. The molecule has 1 aromatic heterocycles. The zero-order chi connectivity index (χ0) is 15.1. The molecule has 1 aliphatic heterocycles. The molecule has 2 aromatic carbocycles. The number of para-hydroxylation sites is 1. The van der Waals surface area contributed by atoms with E-state index in [-0.39, 0.29) is 6.04 Å². The van der Waals surface area contributed by atoms with Gasteiger partial charge in [0.1, 0.15) is 0 Å². The van der Waals surface area contributed by atoms with Gasteiger partial charge in [-0.25, -0.2) is 0 Å². The first-order valence-electron chi connectivity index (χ1n) is 7.84. The normalized spacial score (nSPS) is 17.5. The second-order valence-corrected chi connectivity index (χ2v) is 6.19. The van der Waals surface area contributed by atoms with E-state index in [1.54, 1.807) is 0 Å². The highest BCUT2D eigenvalue weighted by atomic mass is 15.1. The lowest BCUT2D eigenvalue weighted by Gasteiger charge is -2.25. The average molecular weight is 291 g/mol. The van der Waals surface area contributed by atoms with Gasteiger partial charge in [0.25, 0.3) is 0 Å². The van der Waals surface area contributed by atoms with Crippen molar-refractivity contribution in [2.45, 2.75) is 12.5 Å². The molecule has 0 radical (unpaired) electrons. The van der Waals surface area contributed by atoms with E-state index in [2.05, 4.69) is 77.8 Å². The maximum absolute atomic E-state index is 3.66. The van der Waals surface area contributed by atoms with Gasteiger partial charge >= 0.3 is 0 Å². The molecule has 3 aromatic rings. The highest BCUT2D eigenvalue weighted by molar-refractivity contribution is 5.85. The van der Waals surface area contributed by atoms with Crippen LogP contribution in [0, 0.1) is 0 Å². The van der Waals surface area contributed by atoms with Gasteiger partial charge in [0, 0.05) is 42.9 Å². The Bertz CT molecular complexity index is 799. The zero-order valence-electron chi connectivity index (χ0n) is 13.1. The van der Waals surface area contributed by atoms with Gasteiger partial charge < -0.3 is 15.2 Å². The molecule has 112 valence electrons. The molecule has 3 heteroatoms. The molecule has 4 rings (SSSR count). The van der Waals surface area contributed by atoms with Crippen LogP contribution >= 0.6 is 0 Å². The lowest BCUT2D eigenvalue weighted by Crippen LogP contribution is -2.30. The molecule has 2 N–H and O–H groups in total. The highest BCUT2D eigenvalue weighted by Gasteiger charge is 2.24. The Morgan fingerprint density at radius 2 is 1.77 bits per heavy atom. The van der Waals surface area contributed by atoms with Crippen molar-refractivity contribution in [1.29, 1.82) is 0 Å². The fourth-order valence-corrected chi connectivity index (χ4v) is 3.43. The predicted octanol–water partition coefficient (Wildman–Crippen LogP) is 3.47. The van der Waals surface area contributed by atoms with E-state index in [0.29, 0.717) is 0 Å². The molecule has 0 bridgehead atoms. The van der Waals surface area contributed by atoms with Gasteiger partial charge in [-0.15, -0.1) is 0 Å². The molecule has 0 saturated carbocycles. The number of fused-ring (bicyclic) bond motifs is 3. The maximum atomic E-state index is 3.66. The fraction of sp³-hybridized carbons (Fsp3) is 0.263. The van der Waals surface area contributed by atoms with Gasteiger partial charge in [-0.3, -0.25) is 0 Å². The van der Waals surface area contributed by atoms with Crippen LogP contribution in [0.4, 0.5) is 5.69 Å². The molecule has 0 saturated heterocycles. The summed E-state index contributed by atoms with van der Waals surface area (Å²) in [5, 5.41) is 5.03. The van der Waals surface area contributed by atoms with E-state index in [4.69, 9.17) is 0 Å². The number of anilines is 1. The van der Waals surface area contributed by atoms with Gasteiger partial charge in [-0.1, -0.05) is 30.3 Å². The van der Waals surface area contributed by atoms with Gasteiger partial charge in [0.2, 0.25) is 0 Å². The second-order valence-electron chi connectivity index (χ2n) is 6.19. The summed E-state index contributed by atoms with van der Waals surface area (Å²) in [5.74, 6) is 0. The topological polar surface area (TPSA) is 31.1 Å². The van der Waals surface area contributed by atoms with Crippen LogP contribution in [-0.2, 0) is 6.42 Å². The first-order valence-corrected chi connectivity index (χ1v) is 7.84. The number of rotatable bonds is 2. The molecule has 3 nitrogen and oxygen atoms in total. The third-order valence-corrected chi connectivity index (χ3v) is 4.60. The molecule has 0 amide bonds. The standard InChI is InChI=1S/C19H21N3/c1-22(2)14-9-7-13(8-10-14)18-19-16(11-12-20-18)15-5-3-4-6-17(15)21-19/h3-10,18,20-21H,11-12H2,1-2H3/t18-/m0/s1. The number of aromatic nitrogens is 1. The number of aromatic amines is 1.